The Morgan fingerprint density at radius 1 is 1.30 bits per heavy atom. The molecule has 3 aromatic rings. The first kappa shape index (κ1) is 20.9. The Bertz CT molecular complexity index is 1050. The first-order chi connectivity index (χ1) is 14.5. The number of aromatic hydroxyl groups is 1. The maximum Gasteiger partial charge on any atom is 0.292 e. The van der Waals surface area contributed by atoms with Gasteiger partial charge in [0.1, 0.15) is 11.4 Å². The van der Waals surface area contributed by atoms with Gasteiger partial charge >= 0.3 is 0 Å². The number of nitrogens with two attached hydrogens (primary N) is 1. The zero-order chi connectivity index (χ0) is 21.7. The summed E-state index contributed by atoms with van der Waals surface area (Å²) in [5.41, 5.74) is 9.70. The van der Waals surface area contributed by atoms with Gasteiger partial charge in [0.15, 0.2) is 5.69 Å². The molecule has 12 nitrogen and oxygen atoms in total. The Balaban J connectivity index is 1.94. The zero-order valence-corrected chi connectivity index (χ0v) is 16.9. The summed E-state index contributed by atoms with van der Waals surface area (Å²) >= 11 is 0. The summed E-state index contributed by atoms with van der Waals surface area (Å²) in [5.74, 6) is -0.486. The van der Waals surface area contributed by atoms with E-state index in [1.165, 1.54) is 10.7 Å². The molecule has 30 heavy (non-hydrogen) atoms. The molecule has 0 spiro atoms. The minimum Gasteiger partial charge on any atom is -0.507 e. The third-order valence-corrected chi connectivity index (χ3v) is 4.54. The van der Waals surface area contributed by atoms with Gasteiger partial charge in [0.2, 0.25) is 11.6 Å². The summed E-state index contributed by atoms with van der Waals surface area (Å²) in [6.45, 7) is 7.61. The van der Waals surface area contributed by atoms with E-state index >= 15 is 0 Å². The first-order valence-electron chi connectivity index (χ1n) is 9.34. The van der Waals surface area contributed by atoms with Gasteiger partial charge < -0.3 is 10.8 Å². The Morgan fingerprint density at radius 2 is 2.03 bits per heavy atom. The second kappa shape index (κ2) is 9.13. The van der Waals surface area contributed by atoms with Crippen LogP contribution in [0.1, 0.15) is 42.5 Å². The molecule has 158 valence electrons. The van der Waals surface area contributed by atoms with Crippen LogP contribution in [0.5, 0.6) is 5.75 Å². The Labute approximate surface area is 172 Å². The van der Waals surface area contributed by atoms with Crippen molar-refractivity contribution in [3.63, 3.8) is 0 Å². The number of para-hydroxylation sites is 1. The minimum absolute atomic E-state index is 0.0303. The van der Waals surface area contributed by atoms with Gasteiger partial charge in [-0.25, -0.2) is 10.1 Å². The van der Waals surface area contributed by atoms with Crippen LogP contribution in [0, 0.1) is 0 Å². The van der Waals surface area contributed by atoms with Crippen LogP contribution in [0.4, 0.5) is 5.82 Å². The standard InChI is InChI=1S/C18H23N9O3/c1-4-26(5-2)10-13-15(27(25-21-13)17-16(19)23-30-24-17)18(29)22-20-11(3)12-8-6-7-9-14(12)28/h6-9,28H,4-5,10H2,1-3H3,(H2,19,23)(H,22,29)/b20-11-. The molecule has 1 aromatic carbocycles. The van der Waals surface area contributed by atoms with Crippen molar-refractivity contribution in [2.24, 2.45) is 5.10 Å². The number of benzene rings is 1. The van der Waals surface area contributed by atoms with E-state index < -0.39 is 5.91 Å². The van der Waals surface area contributed by atoms with Crippen LogP contribution in [0.15, 0.2) is 34.0 Å². The third kappa shape index (κ3) is 4.27. The van der Waals surface area contributed by atoms with Gasteiger partial charge in [0.25, 0.3) is 5.91 Å². The molecular weight excluding hydrogens is 390 g/mol. The van der Waals surface area contributed by atoms with Crippen LogP contribution < -0.4 is 11.2 Å². The second-order valence-electron chi connectivity index (χ2n) is 6.39. The van der Waals surface area contributed by atoms with E-state index in [1.54, 1.807) is 25.1 Å². The van der Waals surface area contributed by atoms with Crippen LogP contribution >= 0.6 is 0 Å². The molecule has 0 aliphatic heterocycles. The maximum atomic E-state index is 13.0. The Kier molecular flexibility index (Phi) is 6.37. The third-order valence-electron chi connectivity index (χ3n) is 4.54. The molecule has 0 bridgehead atoms. The van der Waals surface area contributed by atoms with Crippen molar-refractivity contribution >= 4 is 17.4 Å². The molecule has 12 heteroatoms. The van der Waals surface area contributed by atoms with Crippen molar-refractivity contribution in [2.75, 3.05) is 18.8 Å². The number of carbonyl (C=O) groups excluding carboxylic acids is 1. The maximum absolute atomic E-state index is 13.0. The topological polar surface area (TPSA) is 161 Å². The molecule has 2 heterocycles. The molecule has 0 radical (unpaired) electrons. The molecule has 0 saturated heterocycles. The lowest BCUT2D eigenvalue weighted by Gasteiger charge is -2.16. The molecule has 1 amide bonds. The van der Waals surface area contributed by atoms with Crippen molar-refractivity contribution in [2.45, 2.75) is 27.3 Å². The summed E-state index contributed by atoms with van der Waals surface area (Å²) in [6.07, 6.45) is 0. The summed E-state index contributed by atoms with van der Waals surface area (Å²) in [6, 6.07) is 6.69. The predicted octanol–water partition coefficient (Wildman–Crippen LogP) is 0.934. The molecule has 0 aliphatic rings. The van der Waals surface area contributed by atoms with E-state index in [0.717, 1.165) is 13.1 Å². The predicted molar refractivity (Wildman–Crippen MR) is 108 cm³/mol. The lowest BCUT2D eigenvalue weighted by Crippen LogP contribution is -2.27. The van der Waals surface area contributed by atoms with Gasteiger partial charge in [0.05, 0.1) is 5.71 Å². The summed E-state index contributed by atoms with van der Waals surface area (Å²) < 4.78 is 5.80. The Morgan fingerprint density at radius 3 is 2.67 bits per heavy atom. The number of hydrazone groups is 1. The van der Waals surface area contributed by atoms with Gasteiger partial charge in [-0.3, -0.25) is 9.69 Å². The van der Waals surface area contributed by atoms with Crippen molar-refractivity contribution in [3.05, 3.63) is 41.2 Å². The van der Waals surface area contributed by atoms with Crippen molar-refractivity contribution in [3.8, 4) is 11.6 Å². The SMILES string of the molecule is CCN(CC)Cc1nnn(-c2nonc2N)c1C(=O)N/N=C(/C)c1ccccc1O. The van der Waals surface area contributed by atoms with E-state index in [9.17, 15) is 9.90 Å². The first-order valence-corrected chi connectivity index (χ1v) is 9.34. The van der Waals surface area contributed by atoms with Crippen LogP contribution in [-0.4, -0.2) is 60.0 Å². The average molecular weight is 413 g/mol. The molecule has 0 unspecified atom stereocenters. The van der Waals surface area contributed by atoms with Gasteiger partial charge in [0, 0.05) is 12.1 Å². The van der Waals surface area contributed by atoms with Crippen molar-refractivity contribution in [1.82, 2.24) is 35.6 Å². The number of phenolic OH excluding ortho intramolecular Hbond substituents is 1. The fourth-order valence-electron chi connectivity index (χ4n) is 2.82. The monoisotopic (exact) mass is 413 g/mol. The number of hydrogen-bond acceptors (Lipinski definition) is 10. The van der Waals surface area contributed by atoms with Crippen LogP contribution in [0.2, 0.25) is 0 Å². The lowest BCUT2D eigenvalue weighted by atomic mass is 10.1. The van der Waals surface area contributed by atoms with E-state index in [4.69, 9.17) is 5.73 Å². The van der Waals surface area contributed by atoms with E-state index in [2.05, 4.69) is 40.7 Å². The molecular formula is C18H23N9O3. The van der Waals surface area contributed by atoms with Crippen LogP contribution in [0.3, 0.4) is 0 Å². The zero-order valence-electron chi connectivity index (χ0n) is 16.9. The molecule has 3 rings (SSSR count). The highest BCUT2D eigenvalue weighted by Crippen LogP contribution is 2.18. The summed E-state index contributed by atoms with van der Waals surface area (Å²) in [7, 11) is 0. The normalized spacial score (nSPS) is 11.8. The second-order valence-corrected chi connectivity index (χ2v) is 6.39. The van der Waals surface area contributed by atoms with Crippen LogP contribution in [-0.2, 0) is 6.54 Å². The molecule has 0 saturated carbocycles. The number of amides is 1. The number of aromatic nitrogens is 5. The van der Waals surface area contributed by atoms with Gasteiger partial charge in [-0.05, 0) is 42.5 Å². The highest BCUT2D eigenvalue weighted by atomic mass is 16.6. The number of phenols is 1. The smallest absolute Gasteiger partial charge is 0.292 e. The highest BCUT2D eigenvalue weighted by Gasteiger charge is 2.26. The molecule has 4 N–H and O–H groups in total. The van der Waals surface area contributed by atoms with Gasteiger partial charge in [-0.15, -0.1) is 5.10 Å². The highest BCUT2D eigenvalue weighted by molar-refractivity contribution is 6.02. The number of hydrogen-bond donors (Lipinski definition) is 3. The number of anilines is 1. The fraction of sp³-hybridized carbons (Fsp3) is 0.333. The number of nitrogens with zero attached hydrogens (tertiary/aromatic N) is 7. The van der Waals surface area contributed by atoms with Gasteiger partial charge in [-0.1, -0.05) is 31.2 Å². The molecule has 2 aromatic heterocycles. The number of rotatable bonds is 8. The number of carbonyl (C=O) groups is 1. The minimum atomic E-state index is -0.570. The number of nitrogen functional groups attached to an aromatic ring is 1. The Hall–Kier alpha value is -3.80. The summed E-state index contributed by atoms with van der Waals surface area (Å²) in [4.78, 5) is 15.1. The molecule has 0 atom stereocenters. The lowest BCUT2D eigenvalue weighted by molar-refractivity contribution is 0.0944. The van der Waals surface area contributed by atoms with Gasteiger partial charge in [-0.2, -0.15) is 9.78 Å². The summed E-state index contributed by atoms with van der Waals surface area (Å²) in [5, 5.41) is 29.4. The quantitative estimate of drug-likeness (QED) is 0.360. The van der Waals surface area contributed by atoms with Crippen molar-refractivity contribution in [1.29, 1.82) is 0 Å². The molecule has 0 aliphatic carbocycles. The van der Waals surface area contributed by atoms with E-state index in [-0.39, 0.29) is 23.1 Å². The average Bonchev–Trinajstić information content (AvgIpc) is 3.35. The number of nitrogens with one attached hydrogen (secondary N) is 1. The van der Waals surface area contributed by atoms with E-state index in [0.29, 0.717) is 23.5 Å². The van der Waals surface area contributed by atoms with Crippen LogP contribution in [0.25, 0.3) is 5.82 Å². The van der Waals surface area contributed by atoms with Crippen molar-refractivity contribution < 1.29 is 14.5 Å². The largest absolute Gasteiger partial charge is 0.507 e. The van der Waals surface area contributed by atoms with E-state index in [1.807, 2.05) is 13.8 Å². The fourth-order valence-corrected chi connectivity index (χ4v) is 2.82. The molecule has 0 fully saturated rings.